The molecule has 0 amide bonds. The van der Waals surface area contributed by atoms with Gasteiger partial charge in [0.05, 0.1) is 0 Å². The monoisotopic (exact) mass is 291 g/mol. The van der Waals surface area contributed by atoms with E-state index in [4.69, 9.17) is 0 Å². The molecule has 0 aromatic heterocycles. The molecule has 3 nitrogen and oxygen atoms in total. The van der Waals surface area contributed by atoms with E-state index in [9.17, 15) is 0 Å². The van der Waals surface area contributed by atoms with Gasteiger partial charge in [-0.3, -0.25) is 4.90 Å². The minimum Gasteiger partial charge on any atom is -0.317 e. The smallest absolute Gasteiger partial charge is 0.0226 e. The molecule has 3 heteroatoms. The molecular weight excluding hydrogens is 258 g/mol. The molecule has 5 aliphatic rings. The summed E-state index contributed by atoms with van der Waals surface area (Å²) in [5, 5.41) is 3.49. The Morgan fingerprint density at radius 2 is 1.62 bits per heavy atom. The second kappa shape index (κ2) is 5.21. The quantitative estimate of drug-likeness (QED) is 0.856. The van der Waals surface area contributed by atoms with Gasteiger partial charge in [-0.05, 0) is 62.4 Å². The first kappa shape index (κ1) is 14.5. The van der Waals surface area contributed by atoms with E-state index in [1.165, 1.54) is 77.9 Å². The molecule has 120 valence electrons. The molecule has 5 fully saturated rings. The average molecular weight is 291 g/mol. The Kier molecular flexibility index (Phi) is 3.59. The van der Waals surface area contributed by atoms with Crippen molar-refractivity contribution in [1.29, 1.82) is 0 Å². The van der Waals surface area contributed by atoms with Crippen LogP contribution in [0.3, 0.4) is 0 Å². The van der Waals surface area contributed by atoms with Crippen LogP contribution in [0, 0.1) is 17.3 Å². The highest BCUT2D eigenvalue weighted by Gasteiger charge is 2.70. The lowest BCUT2D eigenvalue weighted by Gasteiger charge is -2.76. The highest BCUT2D eigenvalue weighted by molar-refractivity contribution is 5.24. The second-order valence-corrected chi connectivity index (χ2v) is 8.75. The molecule has 5 rings (SSSR count). The molecule has 0 unspecified atom stereocenters. The Bertz CT molecular complexity index is 358. The van der Waals surface area contributed by atoms with Crippen LogP contribution >= 0.6 is 0 Å². The number of piperazine rings is 1. The third kappa shape index (κ3) is 2.36. The first-order chi connectivity index (χ1) is 10.1. The first-order valence-corrected chi connectivity index (χ1v) is 9.30. The van der Waals surface area contributed by atoms with Crippen LogP contribution in [-0.2, 0) is 0 Å². The fourth-order valence-electron chi connectivity index (χ4n) is 5.59. The van der Waals surface area contributed by atoms with Crippen molar-refractivity contribution in [3.8, 4) is 0 Å². The fourth-order valence-corrected chi connectivity index (χ4v) is 5.59. The van der Waals surface area contributed by atoms with Crippen molar-refractivity contribution in [3.05, 3.63) is 0 Å². The molecule has 0 atom stereocenters. The third-order valence-electron chi connectivity index (χ3n) is 7.29. The van der Waals surface area contributed by atoms with Gasteiger partial charge in [0.25, 0.3) is 0 Å². The van der Waals surface area contributed by atoms with Crippen molar-refractivity contribution in [3.63, 3.8) is 0 Å². The highest BCUT2D eigenvalue weighted by Crippen LogP contribution is 2.72. The van der Waals surface area contributed by atoms with E-state index in [-0.39, 0.29) is 0 Å². The molecule has 21 heavy (non-hydrogen) atoms. The lowest BCUT2D eigenvalue weighted by atomic mass is 9.35. The summed E-state index contributed by atoms with van der Waals surface area (Å²) >= 11 is 0. The summed E-state index contributed by atoms with van der Waals surface area (Å²) in [6.45, 7) is 14.0. The molecule has 3 aliphatic carbocycles. The third-order valence-corrected chi connectivity index (χ3v) is 7.29. The number of piperidine rings is 1. The van der Waals surface area contributed by atoms with Gasteiger partial charge in [0.15, 0.2) is 0 Å². The van der Waals surface area contributed by atoms with Crippen LogP contribution in [0.15, 0.2) is 0 Å². The molecule has 2 aliphatic heterocycles. The zero-order valence-corrected chi connectivity index (χ0v) is 14.0. The van der Waals surface area contributed by atoms with Gasteiger partial charge in [-0.15, -0.1) is 0 Å². The van der Waals surface area contributed by atoms with E-state index in [0.29, 0.717) is 5.54 Å². The molecule has 1 N–H and O–H groups in total. The molecule has 2 saturated heterocycles. The maximum atomic E-state index is 3.49. The normalized spacial score (nSPS) is 41.9. The molecule has 2 bridgehead atoms. The summed E-state index contributed by atoms with van der Waals surface area (Å²) < 4.78 is 0. The Morgan fingerprint density at radius 3 is 2.19 bits per heavy atom. The van der Waals surface area contributed by atoms with Crippen LogP contribution in [0.25, 0.3) is 0 Å². The van der Waals surface area contributed by atoms with Crippen LogP contribution in [0.1, 0.15) is 46.0 Å². The average Bonchev–Trinajstić information content (AvgIpc) is 2.38. The van der Waals surface area contributed by atoms with Crippen molar-refractivity contribution in [2.24, 2.45) is 17.3 Å². The zero-order valence-electron chi connectivity index (χ0n) is 14.0. The Hall–Kier alpha value is -0.120. The van der Waals surface area contributed by atoms with Crippen molar-refractivity contribution in [1.82, 2.24) is 15.1 Å². The summed E-state index contributed by atoms with van der Waals surface area (Å²) in [5.74, 6) is 1.86. The lowest BCUT2D eigenvalue weighted by Crippen LogP contribution is -2.77. The Morgan fingerprint density at radius 1 is 1.00 bits per heavy atom. The van der Waals surface area contributed by atoms with Crippen molar-refractivity contribution < 1.29 is 0 Å². The summed E-state index contributed by atoms with van der Waals surface area (Å²) in [4.78, 5) is 5.60. The predicted molar refractivity (Wildman–Crippen MR) is 87.5 cm³/mol. The number of nitrogens with one attached hydrogen (secondary N) is 1. The van der Waals surface area contributed by atoms with Crippen LogP contribution in [-0.4, -0.2) is 61.2 Å². The predicted octanol–water partition coefficient (Wildman–Crippen LogP) is 2.18. The van der Waals surface area contributed by atoms with Crippen molar-refractivity contribution >= 4 is 0 Å². The van der Waals surface area contributed by atoms with Gasteiger partial charge >= 0.3 is 0 Å². The summed E-state index contributed by atoms with van der Waals surface area (Å²) in [5.41, 5.74) is 1.41. The maximum absolute atomic E-state index is 3.49. The van der Waals surface area contributed by atoms with Crippen LogP contribution in [0.2, 0.25) is 0 Å². The van der Waals surface area contributed by atoms with E-state index in [1.807, 2.05) is 0 Å². The Balaban J connectivity index is 1.23. The fraction of sp³-hybridized carbons (Fsp3) is 1.00. The topological polar surface area (TPSA) is 18.5 Å². The second-order valence-electron chi connectivity index (χ2n) is 8.75. The molecule has 0 spiro atoms. The van der Waals surface area contributed by atoms with Gasteiger partial charge in [0, 0.05) is 38.3 Å². The number of hydrogen-bond acceptors (Lipinski definition) is 3. The van der Waals surface area contributed by atoms with Crippen LogP contribution in [0.4, 0.5) is 0 Å². The molecule has 2 heterocycles. The minimum atomic E-state index is 0.658. The first-order valence-electron chi connectivity index (χ1n) is 9.30. The SMILES string of the molecule is CC(C)C12CC(N3CCN(CC4CCNCC4)CC3)(C1)C2. The van der Waals surface area contributed by atoms with Gasteiger partial charge in [0.1, 0.15) is 0 Å². The molecule has 0 aromatic carbocycles. The minimum absolute atomic E-state index is 0.658. The number of nitrogens with zero attached hydrogens (tertiary/aromatic N) is 2. The molecule has 0 radical (unpaired) electrons. The van der Waals surface area contributed by atoms with Gasteiger partial charge in [0.2, 0.25) is 0 Å². The van der Waals surface area contributed by atoms with E-state index < -0.39 is 0 Å². The van der Waals surface area contributed by atoms with Crippen molar-refractivity contribution in [2.75, 3.05) is 45.8 Å². The van der Waals surface area contributed by atoms with Crippen LogP contribution in [0.5, 0.6) is 0 Å². The van der Waals surface area contributed by atoms with Gasteiger partial charge < -0.3 is 10.2 Å². The lowest BCUT2D eigenvalue weighted by molar-refractivity contribution is -0.246. The van der Waals surface area contributed by atoms with Crippen LogP contribution < -0.4 is 5.32 Å². The summed E-state index contributed by atoms with van der Waals surface area (Å²) in [6.07, 6.45) is 7.30. The molecule has 0 aromatic rings. The van der Waals surface area contributed by atoms with E-state index in [2.05, 4.69) is 29.0 Å². The Labute approximate surface area is 130 Å². The van der Waals surface area contributed by atoms with Gasteiger partial charge in [-0.1, -0.05) is 13.8 Å². The van der Waals surface area contributed by atoms with Gasteiger partial charge in [-0.25, -0.2) is 0 Å². The zero-order chi connectivity index (χ0) is 14.5. The summed E-state index contributed by atoms with van der Waals surface area (Å²) in [7, 11) is 0. The summed E-state index contributed by atoms with van der Waals surface area (Å²) in [6, 6.07) is 0. The largest absolute Gasteiger partial charge is 0.317 e. The number of hydrogen-bond donors (Lipinski definition) is 1. The number of rotatable bonds is 4. The molecular formula is C18H33N3. The maximum Gasteiger partial charge on any atom is 0.0226 e. The van der Waals surface area contributed by atoms with Crippen molar-refractivity contribution in [2.45, 2.75) is 51.5 Å². The molecule has 3 saturated carbocycles. The van der Waals surface area contributed by atoms with E-state index in [1.54, 1.807) is 0 Å². The van der Waals surface area contributed by atoms with Gasteiger partial charge in [-0.2, -0.15) is 0 Å². The van der Waals surface area contributed by atoms with E-state index in [0.717, 1.165) is 17.3 Å². The van der Waals surface area contributed by atoms with E-state index >= 15 is 0 Å². The standard InChI is InChI=1S/C18H33N3/c1-15(2)17-12-18(13-17,14-17)21-9-7-20(8-10-21)11-16-3-5-19-6-4-16/h15-16,19H,3-14H2,1-2H3. The highest BCUT2D eigenvalue weighted by atomic mass is 15.3.